The van der Waals surface area contributed by atoms with E-state index in [1.807, 2.05) is 6.92 Å². The fourth-order valence-electron chi connectivity index (χ4n) is 1.63. The highest BCUT2D eigenvalue weighted by molar-refractivity contribution is 6.34. The van der Waals surface area contributed by atoms with Crippen LogP contribution in [0.1, 0.15) is 36.5 Å². The molecule has 7 heteroatoms. The van der Waals surface area contributed by atoms with Gasteiger partial charge in [-0.3, -0.25) is 9.59 Å². The third-order valence-electron chi connectivity index (χ3n) is 2.45. The Hall–Kier alpha value is -1.33. The predicted octanol–water partition coefficient (Wildman–Crippen LogP) is 2.76. The van der Waals surface area contributed by atoms with Crippen LogP contribution in [0.4, 0.5) is 0 Å². The van der Waals surface area contributed by atoms with Crippen molar-refractivity contribution >= 4 is 35.1 Å². The number of carbonyl (C=O) groups excluding carboxylic acids is 1. The van der Waals surface area contributed by atoms with E-state index in [1.54, 1.807) is 0 Å². The van der Waals surface area contributed by atoms with Gasteiger partial charge in [0.1, 0.15) is 10.3 Å². The Morgan fingerprint density at radius 1 is 1.42 bits per heavy atom. The summed E-state index contributed by atoms with van der Waals surface area (Å²) in [6.45, 7) is 1.91. The van der Waals surface area contributed by atoms with E-state index < -0.39 is 17.9 Å². The first-order valence-electron chi connectivity index (χ1n) is 5.78. The number of pyridine rings is 1. The highest BCUT2D eigenvalue weighted by Gasteiger charge is 2.18. The Kier molecular flexibility index (Phi) is 6.05. The Morgan fingerprint density at radius 2 is 2.11 bits per heavy atom. The molecule has 19 heavy (non-hydrogen) atoms. The van der Waals surface area contributed by atoms with Crippen LogP contribution in [-0.2, 0) is 4.79 Å². The molecule has 0 aliphatic carbocycles. The molecule has 5 nitrogen and oxygen atoms in total. The van der Waals surface area contributed by atoms with E-state index in [1.165, 1.54) is 12.1 Å². The SMILES string of the molecule is CCCC(CC(=O)O)NC(=O)c1ccc(Cl)nc1Cl. The first-order valence-corrected chi connectivity index (χ1v) is 6.54. The van der Waals surface area contributed by atoms with E-state index in [9.17, 15) is 9.59 Å². The van der Waals surface area contributed by atoms with Crippen LogP contribution in [0.25, 0.3) is 0 Å². The first kappa shape index (κ1) is 15.7. The number of halogens is 2. The van der Waals surface area contributed by atoms with E-state index in [0.717, 1.165) is 6.42 Å². The third kappa shape index (κ3) is 5.04. The van der Waals surface area contributed by atoms with Gasteiger partial charge in [-0.15, -0.1) is 0 Å². The molecule has 0 fully saturated rings. The number of hydrogen-bond donors (Lipinski definition) is 2. The molecule has 1 heterocycles. The molecular formula is C12H14Cl2N2O3. The fourth-order valence-corrected chi connectivity index (χ4v) is 2.06. The number of aromatic nitrogens is 1. The van der Waals surface area contributed by atoms with Crippen LogP contribution in [0, 0.1) is 0 Å². The number of amides is 1. The van der Waals surface area contributed by atoms with Crippen LogP contribution in [0.2, 0.25) is 10.3 Å². The molecular weight excluding hydrogens is 291 g/mol. The van der Waals surface area contributed by atoms with Gasteiger partial charge in [-0.2, -0.15) is 0 Å². The molecule has 0 saturated carbocycles. The smallest absolute Gasteiger partial charge is 0.305 e. The number of carboxylic acid groups (broad SMARTS) is 1. The topological polar surface area (TPSA) is 79.3 Å². The lowest BCUT2D eigenvalue weighted by Gasteiger charge is -2.16. The average molecular weight is 305 g/mol. The highest BCUT2D eigenvalue weighted by Crippen LogP contribution is 2.17. The number of nitrogens with one attached hydrogen (secondary N) is 1. The monoisotopic (exact) mass is 304 g/mol. The average Bonchev–Trinajstić information content (AvgIpc) is 2.27. The molecule has 1 unspecified atom stereocenters. The van der Waals surface area contributed by atoms with Crippen molar-refractivity contribution < 1.29 is 14.7 Å². The fraction of sp³-hybridized carbons (Fsp3) is 0.417. The Bertz CT molecular complexity index is 480. The summed E-state index contributed by atoms with van der Waals surface area (Å²) in [7, 11) is 0. The zero-order chi connectivity index (χ0) is 14.4. The summed E-state index contributed by atoms with van der Waals surface area (Å²) < 4.78 is 0. The lowest BCUT2D eigenvalue weighted by Crippen LogP contribution is -2.36. The van der Waals surface area contributed by atoms with Crippen molar-refractivity contribution in [3.63, 3.8) is 0 Å². The summed E-state index contributed by atoms with van der Waals surface area (Å²) in [6, 6.07) is 2.48. The van der Waals surface area contributed by atoms with Crippen LogP contribution in [-0.4, -0.2) is 28.0 Å². The van der Waals surface area contributed by atoms with Crippen molar-refractivity contribution in [2.75, 3.05) is 0 Å². The van der Waals surface area contributed by atoms with Crippen molar-refractivity contribution in [2.24, 2.45) is 0 Å². The second kappa shape index (κ2) is 7.31. The summed E-state index contributed by atoms with van der Waals surface area (Å²) >= 11 is 11.5. The minimum absolute atomic E-state index is 0.00410. The molecule has 104 valence electrons. The molecule has 0 radical (unpaired) electrons. The normalized spacial score (nSPS) is 11.9. The molecule has 1 aromatic heterocycles. The molecule has 0 aliphatic rings. The molecule has 1 rings (SSSR count). The summed E-state index contributed by atoms with van der Waals surface area (Å²) in [4.78, 5) is 26.4. The molecule has 0 spiro atoms. The maximum atomic E-state index is 12.0. The van der Waals surface area contributed by atoms with Crippen LogP contribution in [0.5, 0.6) is 0 Å². The third-order valence-corrected chi connectivity index (χ3v) is 2.95. The molecule has 0 saturated heterocycles. The van der Waals surface area contributed by atoms with Crippen LogP contribution in [0.15, 0.2) is 12.1 Å². The number of carbonyl (C=O) groups is 2. The maximum absolute atomic E-state index is 12.0. The predicted molar refractivity (Wildman–Crippen MR) is 72.7 cm³/mol. The standard InChI is InChI=1S/C12H14Cl2N2O3/c1-2-3-7(6-10(17)18)15-12(19)8-4-5-9(13)16-11(8)14/h4-5,7H,2-3,6H2,1H3,(H,15,19)(H,17,18). The lowest BCUT2D eigenvalue weighted by atomic mass is 10.1. The van der Waals surface area contributed by atoms with Crippen LogP contribution < -0.4 is 5.32 Å². The number of carboxylic acids is 1. The van der Waals surface area contributed by atoms with Gasteiger partial charge in [-0.1, -0.05) is 36.5 Å². The van der Waals surface area contributed by atoms with Crippen molar-refractivity contribution in [3.8, 4) is 0 Å². The van der Waals surface area contributed by atoms with Gasteiger partial charge in [0.05, 0.1) is 12.0 Å². The largest absolute Gasteiger partial charge is 0.481 e. The molecule has 0 aliphatic heterocycles. The minimum atomic E-state index is -0.959. The molecule has 0 aromatic carbocycles. The Morgan fingerprint density at radius 3 is 2.63 bits per heavy atom. The first-order chi connectivity index (χ1) is 8.93. The van der Waals surface area contributed by atoms with Crippen LogP contribution in [0.3, 0.4) is 0 Å². The Labute approximate surface area is 120 Å². The number of nitrogens with zero attached hydrogens (tertiary/aromatic N) is 1. The van der Waals surface area contributed by atoms with E-state index in [2.05, 4.69) is 10.3 Å². The van der Waals surface area contributed by atoms with Crippen molar-refractivity contribution in [3.05, 3.63) is 28.0 Å². The summed E-state index contributed by atoms with van der Waals surface area (Å²) in [5.74, 6) is -1.41. The second-order valence-electron chi connectivity index (χ2n) is 4.03. The van der Waals surface area contributed by atoms with Gasteiger partial charge >= 0.3 is 5.97 Å². The zero-order valence-corrected chi connectivity index (χ0v) is 11.8. The van der Waals surface area contributed by atoms with Crippen molar-refractivity contribution in [1.82, 2.24) is 10.3 Å². The molecule has 1 aromatic rings. The van der Waals surface area contributed by atoms with Gasteiger partial charge in [0.2, 0.25) is 0 Å². The minimum Gasteiger partial charge on any atom is -0.481 e. The maximum Gasteiger partial charge on any atom is 0.305 e. The molecule has 0 bridgehead atoms. The van der Waals surface area contributed by atoms with Crippen LogP contribution >= 0.6 is 23.2 Å². The summed E-state index contributed by atoms with van der Waals surface area (Å²) in [5, 5.41) is 11.6. The molecule has 1 amide bonds. The van der Waals surface area contributed by atoms with Gasteiger partial charge in [-0.05, 0) is 18.6 Å². The second-order valence-corrected chi connectivity index (χ2v) is 4.77. The van der Waals surface area contributed by atoms with E-state index >= 15 is 0 Å². The summed E-state index contributed by atoms with van der Waals surface area (Å²) in [5.41, 5.74) is 0.178. The van der Waals surface area contributed by atoms with Crippen molar-refractivity contribution in [1.29, 1.82) is 0 Å². The molecule has 1 atom stereocenters. The van der Waals surface area contributed by atoms with E-state index in [4.69, 9.17) is 28.3 Å². The van der Waals surface area contributed by atoms with Gasteiger partial charge < -0.3 is 10.4 Å². The van der Waals surface area contributed by atoms with Gasteiger partial charge in [-0.25, -0.2) is 4.98 Å². The Balaban J connectivity index is 2.78. The van der Waals surface area contributed by atoms with Gasteiger partial charge in [0, 0.05) is 6.04 Å². The summed E-state index contributed by atoms with van der Waals surface area (Å²) in [6.07, 6.45) is 1.22. The lowest BCUT2D eigenvalue weighted by molar-refractivity contribution is -0.137. The number of aliphatic carboxylic acids is 1. The quantitative estimate of drug-likeness (QED) is 0.792. The van der Waals surface area contributed by atoms with Crippen molar-refractivity contribution in [2.45, 2.75) is 32.2 Å². The number of hydrogen-bond acceptors (Lipinski definition) is 3. The van der Waals surface area contributed by atoms with E-state index in [0.29, 0.717) is 6.42 Å². The molecule has 2 N–H and O–H groups in total. The van der Waals surface area contributed by atoms with E-state index in [-0.39, 0.29) is 22.3 Å². The zero-order valence-electron chi connectivity index (χ0n) is 10.3. The van der Waals surface area contributed by atoms with Gasteiger partial charge in [0.25, 0.3) is 5.91 Å². The van der Waals surface area contributed by atoms with Gasteiger partial charge in [0.15, 0.2) is 0 Å². The highest BCUT2D eigenvalue weighted by atomic mass is 35.5. The number of rotatable bonds is 6.